The minimum absolute atomic E-state index is 0.0213. The number of hydrogen-bond donors (Lipinski definition) is 3. The zero-order chi connectivity index (χ0) is 10.7. The molecule has 1 unspecified atom stereocenters. The molecule has 14 heavy (non-hydrogen) atoms. The van der Waals surface area contributed by atoms with Crippen LogP contribution in [0, 0.1) is 6.92 Å². The summed E-state index contributed by atoms with van der Waals surface area (Å²) in [5, 5.41) is 18.7. The standard InChI is InChI=1S/C10H14ClNO2/c1-6-8(11)4-7(5-10(6)14)9(12)2-3-13/h4-5,9,13-14H,2-3,12H2,1H3. The van der Waals surface area contributed by atoms with Crippen LogP contribution < -0.4 is 5.73 Å². The molecule has 0 radical (unpaired) electrons. The lowest BCUT2D eigenvalue weighted by Crippen LogP contribution is -2.11. The summed E-state index contributed by atoms with van der Waals surface area (Å²) in [4.78, 5) is 0. The molecule has 0 bridgehead atoms. The largest absolute Gasteiger partial charge is 0.508 e. The molecule has 3 nitrogen and oxygen atoms in total. The molecule has 0 amide bonds. The van der Waals surface area contributed by atoms with Gasteiger partial charge in [0, 0.05) is 23.2 Å². The van der Waals surface area contributed by atoms with Crippen LogP contribution in [0.15, 0.2) is 12.1 Å². The average Bonchev–Trinajstić information content (AvgIpc) is 2.13. The number of aliphatic hydroxyl groups excluding tert-OH is 1. The van der Waals surface area contributed by atoms with Crippen molar-refractivity contribution in [3.05, 3.63) is 28.3 Å². The summed E-state index contributed by atoms with van der Waals surface area (Å²) in [6.45, 7) is 1.76. The van der Waals surface area contributed by atoms with Gasteiger partial charge in [0.15, 0.2) is 0 Å². The molecule has 0 saturated heterocycles. The number of aromatic hydroxyl groups is 1. The molecule has 0 fully saturated rings. The fourth-order valence-electron chi connectivity index (χ4n) is 1.20. The lowest BCUT2D eigenvalue weighted by molar-refractivity contribution is 0.276. The van der Waals surface area contributed by atoms with Gasteiger partial charge in [-0.1, -0.05) is 11.6 Å². The van der Waals surface area contributed by atoms with Crippen LogP contribution >= 0.6 is 11.6 Å². The smallest absolute Gasteiger partial charge is 0.120 e. The van der Waals surface area contributed by atoms with Crippen LogP contribution in [0.4, 0.5) is 0 Å². The highest BCUT2D eigenvalue weighted by atomic mass is 35.5. The zero-order valence-corrected chi connectivity index (χ0v) is 8.75. The predicted octanol–water partition coefficient (Wildman–Crippen LogP) is 1.74. The van der Waals surface area contributed by atoms with Crippen LogP contribution in [0.2, 0.25) is 5.02 Å². The van der Waals surface area contributed by atoms with Gasteiger partial charge in [-0.25, -0.2) is 0 Å². The average molecular weight is 216 g/mol. The van der Waals surface area contributed by atoms with Crippen molar-refractivity contribution >= 4 is 11.6 Å². The van der Waals surface area contributed by atoms with Crippen LogP contribution in [0.1, 0.15) is 23.6 Å². The Morgan fingerprint density at radius 2 is 2.14 bits per heavy atom. The van der Waals surface area contributed by atoms with E-state index in [9.17, 15) is 5.11 Å². The summed E-state index contributed by atoms with van der Waals surface area (Å²) in [5.41, 5.74) is 7.15. The van der Waals surface area contributed by atoms with E-state index in [4.69, 9.17) is 22.4 Å². The van der Waals surface area contributed by atoms with E-state index in [2.05, 4.69) is 0 Å². The molecule has 0 aliphatic carbocycles. The zero-order valence-electron chi connectivity index (χ0n) is 8.00. The maximum absolute atomic E-state index is 9.50. The summed E-state index contributed by atoms with van der Waals surface area (Å²) < 4.78 is 0. The summed E-state index contributed by atoms with van der Waals surface area (Å²) in [7, 11) is 0. The fraction of sp³-hybridized carbons (Fsp3) is 0.400. The quantitative estimate of drug-likeness (QED) is 0.720. The summed E-state index contributed by atoms with van der Waals surface area (Å²) in [5.74, 6) is 0.140. The van der Waals surface area contributed by atoms with Gasteiger partial charge in [0.05, 0.1) is 0 Å². The Kier molecular flexibility index (Phi) is 3.75. The minimum Gasteiger partial charge on any atom is -0.508 e. The number of rotatable bonds is 3. The Labute approximate surface area is 88.1 Å². The van der Waals surface area contributed by atoms with Crippen LogP contribution in [0.25, 0.3) is 0 Å². The third kappa shape index (κ3) is 2.38. The van der Waals surface area contributed by atoms with Gasteiger partial charge in [-0.2, -0.15) is 0 Å². The Morgan fingerprint density at radius 1 is 1.50 bits per heavy atom. The first-order valence-corrected chi connectivity index (χ1v) is 4.79. The van der Waals surface area contributed by atoms with E-state index in [1.165, 1.54) is 0 Å². The summed E-state index contributed by atoms with van der Waals surface area (Å²) in [6.07, 6.45) is 0.457. The highest BCUT2D eigenvalue weighted by molar-refractivity contribution is 6.31. The van der Waals surface area contributed by atoms with E-state index in [1.54, 1.807) is 19.1 Å². The van der Waals surface area contributed by atoms with E-state index >= 15 is 0 Å². The highest BCUT2D eigenvalue weighted by Gasteiger charge is 2.10. The molecular weight excluding hydrogens is 202 g/mol. The molecule has 1 rings (SSSR count). The summed E-state index contributed by atoms with van der Waals surface area (Å²) >= 11 is 5.89. The van der Waals surface area contributed by atoms with Gasteiger partial charge >= 0.3 is 0 Å². The molecular formula is C10H14ClNO2. The minimum atomic E-state index is -0.288. The fourth-order valence-corrected chi connectivity index (χ4v) is 1.43. The number of halogens is 1. The van der Waals surface area contributed by atoms with Gasteiger partial charge in [-0.05, 0) is 31.0 Å². The molecule has 0 spiro atoms. The van der Waals surface area contributed by atoms with E-state index < -0.39 is 0 Å². The molecule has 0 aromatic heterocycles. The summed E-state index contributed by atoms with van der Waals surface area (Å²) in [6, 6.07) is 3.02. The Bertz CT molecular complexity index is 305. The number of nitrogens with two attached hydrogens (primary N) is 1. The molecule has 0 aliphatic rings. The SMILES string of the molecule is Cc1c(O)cc(C(N)CCO)cc1Cl. The second-order valence-corrected chi connectivity index (χ2v) is 3.67. The van der Waals surface area contributed by atoms with Crippen molar-refractivity contribution in [2.24, 2.45) is 5.73 Å². The molecule has 0 heterocycles. The number of hydrogen-bond acceptors (Lipinski definition) is 3. The number of phenolic OH excluding ortho intramolecular Hbond substituents is 1. The molecule has 1 atom stereocenters. The molecule has 1 aromatic carbocycles. The first-order valence-electron chi connectivity index (χ1n) is 4.41. The van der Waals surface area contributed by atoms with Crippen molar-refractivity contribution in [2.45, 2.75) is 19.4 Å². The molecule has 1 aromatic rings. The number of benzene rings is 1. The van der Waals surface area contributed by atoms with Gasteiger partial charge in [0.1, 0.15) is 5.75 Å². The van der Waals surface area contributed by atoms with Crippen molar-refractivity contribution in [3.63, 3.8) is 0 Å². The molecule has 0 saturated carbocycles. The van der Waals surface area contributed by atoms with Crippen LogP contribution in [0.5, 0.6) is 5.75 Å². The van der Waals surface area contributed by atoms with Crippen LogP contribution in [0.3, 0.4) is 0 Å². The van der Waals surface area contributed by atoms with Gasteiger partial charge in [-0.15, -0.1) is 0 Å². The molecule has 4 N–H and O–H groups in total. The van der Waals surface area contributed by atoms with Gasteiger partial charge in [0.2, 0.25) is 0 Å². The monoisotopic (exact) mass is 215 g/mol. The first-order chi connectivity index (χ1) is 6.56. The van der Waals surface area contributed by atoms with Crippen molar-refractivity contribution in [1.82, 2.24) is 0 Å². The van der Waals surface area contributed by atoms with Gasteiger partial charge in [-0.3, -0.25) is 0 Å². The van der Waals surface area contributed by atoms with Crippen molar-refractivity contribution in [1.29, 1.82) is 0 Å². The first kappa shape index (κ1) is 11.3. The number of aliphatic hydroxyl groups is 1. The van der Waals surface area contributed by atoms with Crippen LogP contribution in [-0.2, 0) is 0 Å². The third-order valence-electron chi connectivity index (χ3n) is 2.21. The van der Waals surface area contributed by atoms with Crippen LogP contribution in [-0.4, -0.2) is 16.8 Å². The molecule has 4 heteroatoms. The normalized spacial score (nSPS) is 12.9. The molecule has 0 aliphatic heterocycles. The second kappa shape index (κ2) is 4.64. The lowest BCUT2D eigenvalue weighted by Gasteiger charge is -2.12. The lowest BCUT2D eigenvalue weighted by atomic mass is 10.0. The maximum Gasteiger partial charge on any atom is 0.120 e. The van der Waals surface area contributed by atoms with E-state index in [0.29, 0.717) is 17.0 Å². The highest BCUT2D eigenvalue weighted by Crippen LogP contribution is 2.29. The number of phenols is 1. The van der Waals surface area contributed by atoms with Gasteiger partial charge < -0.3 is 15.9 Å². The topological polar surface area (TPSA) is 66.5 Å². The second-order valence-electron chi connectivity index (χ2n) is 3.27. The molecule has 78 valence electrons. The predicted molar refractivity (Wildman–Crippen MR) is 56.5 cm³/mol. The Morgan fingerprint density at radius 3 is 2.64 bits per heavy atom. The third-order valence-corrected chi connectivity index (χ3v) is 2.60. The Balaban J connectivity index is 3.00. The Hall–Kier alpha value is -0.770. The van der Waals surface area contributed by atoms with Crippen molar-refractivity contribution in [3.8, 4) is 5.75 Å². The van der Waals surface area contributed by atoms with Crippen molar-refractivity contribution < 1.29 is 10.2 Å². The van der Waals surface area contributed by atoms with Crippen molar-refractivity contribution in [2.75, 3.05) is 6.61 Å². The van der Waals surface area contributed by atoms with E-state index in [-0.39, 0.29) is 18.4 Å². The van der Waals surface area contributed by atoms with E-state index in [0.717, 1.165) is 5.56 Å². The maximum atomic E-state index is 9.50. The van der Waals surface area contributed by atoms with E-state index in [1.807, 2.05) is 0 Å². The van der Waals surface area contributed by atoms with Gasteiger partial charge in [0.25, 0.3) is 0 Å².